The Labute approximate surface area is 155 Å². The fraction of sp³-hybridized carbons (Fsp3) is 0.235. The minimum absolute atomic E-state index is 0.0945. The summed E-state index contributed by atoms with van der Waals surface area (Å²) in [5.41, 5.74) is -2.10. The molecule has 11 heteroatoms. The molecule has 0 aliphatic rings. The molecule has 0 aliphatic carbocycles. The molecule has 2 N–H and O–H groups in total. The summed E-state index contributed by atoms with van der Waals surface area (Å²) in [6.07, 6.45) is -4.25. The third-order valence-electron chi connectivity index (χ3n) is 3.72. The lowest BCUT2D eigenvalue weighted by atomic mass is 10.1. The molecule has 1 heterocycles. The van der Waals surface area contributed by atoms with E-state index in [0.717, 1.165) is 12.1 Å². The Morgan fingerprint density at radius 3 is 2.36 bits per heavy atom. The van der Waals surface area contributed by atoms with Gasteiger partial charge in [0.2, 0.25) is 11.8 Å². The number of alkyl halides is 3. The lowest BCUT2D eigenvalue weighted by Crippen LogP contribution is -2.41. The second-order valence-electron chi connectivity index (χ2n) is 5.67. The molecule has 0 fully saturated rings. The summed E-state index contributed by atoms with van der Waals surface area (Å²) in [4.78, 5) is 35.9. The summed E-state index contributed by atoms with van der Waals surface area (Å²) in [6, 6.07) is 2.30. The summed E-state index contributed by atoms with van der Waals surface area (Å²) in [5, 5.41) is 4.40. The van der Waals surface area contributed by atoms with Crippen LogP contribution in [0.1, 0.15) is 17.2 Å². The van der Waals surface area contributed by atoms with Gasteiger partial charge in [-0.2, -0.15) is 13.2 Å². The minimum Gasteiger partial charge on any atom is -0.357 e. The number of nitrogens with one attached hydrogen (secondary N) is 2. The zero-order chi connectivity index (χ0) is 21.1. The molecule has 1 aromatic heterocycles. The highest BCUT2D eigenvalue weighted by atomic mass is 19.4. The highest BCUT2D eigenvalue weighted by Crippen LogP contribution is 2.28. The number of benzene rings is 1. The summed E-state index contributed by atoms with van der Waals surface area (Å²) in [5.74, 6) is -4.19. The van der Waals surface area contributed by atoms with Crippen molar-refractivity contribution >= 4 is 11.8 Å². The third-order valence-corrected chi connectivity index (χ3v) is 3.72. The average molecular weight is 403 g/mol. The van der Waals surface area contributed by atoms with Crippen LogP contribution in [0.15, 0.2) is 41.3 Å². The van der Waals surface area contributed by atoms with E-state index in [4.69, 9.17) is 0 Å². The van der Waals surface area contributed by atoms with Crippen LogP contribution in [-0.4, -0.2) is 23.4 Å². The van der Waals surface area contributed by atoms with Crippen LogP contribution in [0.25, 0.3) is 0 Å². The van der Waals surface area contributed by atoms with Crippen LogP contribution < -0.4 is 16.2 Å². The van der Waals surface area contributed by atoms with Crippen LogP contribution in [0, 0.1) is 11.6 Å². The van der Waals surface area contributed by atoms with E-state index in [1.54, 1.807) is 0 Å². The average Bonchev–Trinajstić information content (AvgIpc) is 2.62. The molecule has 6 nitrogen and oxygen atoms in total. The van der Waals surface area contributed by atoms with Gasteiger partial charge in [0, 0.05) is 19.3 Å². The number of rotatable bonds is 5. The van der Waals surface area contributed by atoms with Crippen LogP contribution in [0.5, 0.6) is 0 Å². The van der Waals surface area contributed by atoms with E-state index in [0.29, 0.717) is 29.0 Å². The summed E-state index contributed by atoms with van der Waals surface area (Å²) >= 11 is 0. The smallest absolute Gasteiger partial charge is 0.357 e. The highest BCUT2D eigenvalue weighted by molar-refractivity contribution is 5.88. The van der Waals surface area contributed by atoms with Crippen molar-refractivity contribution in [1.29, 1.82) is 0 Å². The Hall–Kier alpha value is -3.24. The van der Waals surface area contributed by atoms with E-state index < -0.39 is 53.3 Å². The van der Waals surface area contributed by atoms with E-state index >= 15 is 0 Å². The van der Waals surface area contributed by atoms with Gasteiger partial charge in [0.1, 0.15) is 12.6 Å². The van der Waals surface area contributed by atoms with Gasteiger partial charge in [-0.1, -0.05) is 6.07 Å². The van der Waals surface area contributed by atoms with Gasteiger partial charge in [0.15, 0.2) is 11.6 Å². The summed E-state index contributed by atoms with van der Waals surface area (Å²) in [7, 11) is 1.23. The first kappa shape index (κ1) is 21.1. The fourth-order valence-electron chi connectivity index (χ4n) is 2.32. The monoisotopic (exact) mass is 403 g/mol. The van der Waals surface area contributed by atoms with Gasteiger partial charge in [-0.3, -0.25) is 14.4 Å². The lowest BCUT2D eigenvalue weighted by Gasteiger charge is -2.18. The van der Waals surface area contributed by atoms with Gasteiger partial charge in [0.25, 0.3) is 5.56 Å². The predicted octanol–water partition coefficient (Wildman–Crippen LogP) is 1.75. The van der Waals surface area contributed by atoms with Crippen molar-refractivity contribution in [3.8, 4) is 0 Å². The third kappa shape index (κ3) is 4.93. The van der Waals surface area contributed by atoms with Crippen molar-refractivity contribution in [2.24, 2.45) is 0 Å². The van der Waals surface area contributed by atoms with Crippen molar-refractivity contribution in [3.63, 3.8) is 0 Å². The van der Waals surface area contributed by atoms with E-state index in [1.807, 2.05) is 0 Å². The van der Waals surface area contributed by atoms with Crippen LogP contribution in [0.2, 0.25) is 0 Å². The van der Waals surface area contributed by atoms with Gasteiger partial charge in [-0.15, -0.1) is 0 Å². The molecule has 1 aromatic carbocycles. The van der Waals surface area contributed by atoms with Crippen molar-refractivity contribution in [3.05, 3.63) is 69.6 Å². The molecule has 0 saturated carbocycles. The van der Waals surface area contributed by atoms with Crippen LogP contribution in [0.4, 0.5) is 22.0 Å². The number of halogens is 5. The number of hydrogen-bond donors (Lipinski definition) is 2. The molecule has 2 rings (SSSR count). The molecule has 0 radical (unpaired) electrons. The van der Waals surface area contributed by atoms with Crippen molar-refractivity contribution < 1.29 is 31.5 Å². The van der Waals surface area contributed by atoms with Crippen LogP contribution in [0.3, 0.4) is 0 Å². The number of aromatic nitrogens is 1. The first-order valence-electron chi connectivity index (χ1n) is 7.76. The van der Waals surface area contributed by atoms with Gasteiger partial charge in [0.05, 0.1) is 5.56 Å². The highest BCUT2D eigenvalue weighted by Gasteiger charge is 2.31. The Kier molecular flexibility index (Phi) is 6.16. The number of likely N-dealkylation sites (N-methyl/N-ethyl adjacent to an activating group) is 1. The van der Waals surface area contributed by atoms with Gasteiger partial charge in [-0.05, 0) is 23.8 Å². The number of carbonyl (C=O) groups excluding carboxylic acids is 2. The number of amides is 2. The molecule has 2 aromatic rings. The van der Waals surface area contributed by atoms with E-state index in [9.17, 15) is 36.3 Å². The second-order valence-corrected chi connectivity index (χ2v) is 5.67. The summed E-state index contributed by atoms with van der Waals surface area (Å²) < 4.78 is 65.3. The number of carbonyl (C=O) groups is 2. The number of pyridine rings is 1. The Bertz CT molecular complexity index is 956. The van der Waals surface area contributed by atoms with Crippen molar-refractivity contribution in [2.75, 3.05) is 7.05 Å². The Morgan fingerprint density at radius 2 is 1.79 bits per heavy atom. The molecule has 0 aliphatic heterocycles. The van der Waals surface area contributed by atoms with E-state index in [-0.39, 0.29) is 5.56 Å². The lowest BCUT2D eigenvalue weighted by molar-refractivity contribution is -0.138. The first-order chi connectivity index (χ1) is 13.0. The molecule has 2 amide bonds. The van der Waals surface area contributed by atoms with Crippen LogP contribution >= 0.6 is 0 Å². The molecule has 1 unspecified atom stereocenters. The Morgan fingerprint density at radius 1 is 1.11 bits per heavy atom. The largest absolute Gasteiger partial charge is 0.417 e. The molecule has 28 heavy (non-hydrogen) atoms. The van der Waals surface area contributed by atoms with Crippen molar-refractivity contribution in [2.45, 2.75) is 18.8 Å². The quantitative estimate of drug-likeness (QED) is 0.747. The SMILES string of the molecule is CNC(=O)C(NC(=O)Cn1cc(C(F)(F)F)ccc1=O)c1ccc(F)c(F)c1. The predicted molar refractivity (Wildman–Crippen MR) is 87.0 cm³/mol. The maximum Gasteiger partial charge on any atom is 0.417 e. The maximum absolute atomic E-state index is 13.4. The number of nitrogens with zero attached hydrogens (tertiary/aromatic N) is 1. The molecule has 1 atom stereocenters. The minimum atomic E-state index is -4.72. The van der Waals surface area contributed by atoms with E-state index in [1.165, 1.54) is 7.05 Å². The van der Waals surface area contributed by atoms with Crippen molar-refractivity contribution in [1.82, 2.24) is 15.2 Å². The molecule has 0 saturated heterocycles. The van der Waals surface area contributed by atoms with Gasteiger partial charge in [-0.25, -0.2) is 8.78 Å². The summed E-state index contributed by atoms with van der Waals surface area (Å²) in [6.45, 7) is -0.820. The molecule has 150 valence electrons. The van der Waals surface area contributed by atoms with Crippen LogP contribution in [-0.2, 0) is 22.3 Å². The molecule has 0 spiro atoms. The second kappa shape index (κ2) is 8.19. The van der Waals surface area contributed by atoms with E-state index in [2.05, 4.69) is 10.6 Å². The molecular formula is C17H14F5N3O3. The fourth-order valence-corrected chi connectivity index (χ4v) is 2.32. The zero-order valence-corrected chi connectivity index (χ0v) is 14.3. The molecular weight excluding hydrogens is 389 g/mol. The topological polar surface area (TPSA) is 80.2 Å². The molecule has 0 bridgehead atoms. The van der Waals surface area contributed by atoms with Gasteiger partial charge < -0.3 is 15.2 Å². The maximum atomic E-state index is 13.4. The number of hydrogen-bond acceptors (Lipinski definition) is 3. The Balaban J connectivity index is 2.26. The normalized spacial score (nSPS) is 12.4. The zero-order valence-electron chi connectivity index (χ0n) is 14.3. The first-order valence-corrected chi connectivity index (χ1v) is 7.76. The standard InChI is InChI=1S/C17H14F5N3O3/c1-23-16(28)15(9-2-4-11(18)12(19)6-9)24-13(26)8-25-7-10(17(20,21)22)3-5-14(25)27/h2-7,15H,8H2,1H3,(H,23,28)(H,24,26). The van der Waals surface area contributed by atoms with Gasteiger partial charge >= 0.3 is 6.18 Å².